The van der Waals surface area contributed by atoms with Gasteiger partial charge in [-0.25, -0.2) is 0 Å². The molecule has 0 bridgehead atoms. The molecule has 1 aliphatic rings. The molecule has 0 aromatic carbocycles. The minimum Gasteiger partial charge on any atom is -0.459 e. The molecule has 3 atom stereocenters. The Morgan fingerprint density at radius 2 is 2.15 bits per heavy atom. The third-order valence-electron chi connectivity index (χ3n) is 5.27. The first-order valence-corrected chi connectivity index (χ1v) is 10.1. The molecule has 1 saturated heterocycles. The monoisotopic (exact) mass is 380 g/mol. The largest absolute Gasteiger partial charge is 0.459 e. The zero-order valence-electron chi connectivity index (χ0n) is 17.3. The summed E-state index contributed by atoms with van der Waals surface area (Å²) >= 11 is 0. The van der Waals surface area contributed by atoms with Crippen LogP contribution in [0.3, 0.4) is 0 Å². The van der Waals surface area contributed by atoms with Gasteiger partial charge >= 0.3 is 5.97 Å². The predicted molar refractivity (Wildman–Crippen MR) is 106 cm³/mol. The van der Waals surface area contributed by atoms with Crippen molar-refractivity contribution in [1.29, 1.82) is 0 Å². The first-order valence-electron chi connectivity index (χ1n) is 10.1. The lowest BCUT2D eigenvalue weighted by molar-refractivity contribution is -0.167. The van der Waals surface area contributed by atoms with Gasteiger partial charge in [-0.05, 0) is 51.0 Å². The standard InChI is InChI=1S/C22H36O5/c1-5-6-7-10-20(25)17(2)9-8-14-22(4)21(27-18(3)24)12-11-19(13-15-23)16-26-22/h6-7,13,17,21,23H,5,8-12,14-16H2,1-4H3/b7-6+,19-13+/t17?,21-,22+/m1/s1. The van der Waals surface area contributed by atoms with Crippen molar-refractivity contribution in [3.05, 3.63) is 23.8 Å². The number of esters is 1. The number of hydrogen-bond donors (Lipinski definition) is 1. The second-order valence-corrected chi connectivity index (χ2v) is 7.63. The van der Waals surface area contributed by atoms with Crippen molar-refractivity contribution >= 4 is 11.8 Å². The summed E-state index contributed by atoms with van der Waals surface area (Å²) in [6, 6.07) is 0. The lowest BCUT2D eigenvalue weighted by Gasteiger charge is -2.35. The van der Waals surface area contributed by atoms with Gasteiger partial charge in [0.05, 0.1) is 13.2 Å². The van der Waals surface area contributed by atoms with E-state index >= 15 is 0 Å². The lowest BCUT2D eigenvalue weighted by atomic mass is 9.87. The molecule has 0 aromatic heterocycles. The molecule has 1 unspecified atom stereocenters. The molecule has 0 saturated carbocycles. The molecule has 154 valence electrons. The molecule has 1 heterocycles. The molecule has 0 aliphatic carbocycles. The van der Waals surface area contributed by atoms with Crippen LogP contribution in [0.1, 0.15) is 72.6 Å². The van der Waals surface area contributed by atoms with Gasteiger partial charge in [0.15, 0.2) is 0 Å². The highest BCUT2D eigenvalue weighted by Gasteiger charge is 2.39. The van der Waals surface area contributed by atoms with Gasteiger partial charge in [-0.3, -0.25) is 9.59 Å². The normalized spacial score (nSPS) is 26.1. The molecule has 0 spiro atoms. The second kappa shape index (κ2) is 12.1. The summed E-state index contributed by atoms with van der Waals surface area (Å²) in [5.74, 6) is -0.0371. The van der Waals surface area contributed by atoms with Crippen LogP contribution in [0.5, 0.6) is 0 Å². The Morgan fingerprint density at radius 3 is 2.78 bits per heavy atom. The molecule has 27 heavy (non-hydrogen) atoms. The Bertz CT molecular complexity index is 537. The van der Waals surface area contributed by atoms with E-state index in [1.807, 2.05) is 26.0 Å². The van der Waals surface area contributed by atoms with Gasteiger partial charge in [-0.2, -0.15) is 0 Å². The quantitative estimate of drug-likeness (QED) is 0.455. The van der Waals surface area contributed by atoms with Crippen LogP contribution in [0.4, 0.5) is 0 Å². The van der Waals surface area contributed by atoms with Crippen molar-refractivity contribution in [3.63, 3.8) is 0 Å². The summed E-state index contributed by atoms with van der Waals surface area (Å²) in [7, 11) is 0. The highest BCUT2D eigenvalue weighted by molar-refractivity contribution is 5.81. The second-order valence-electron chi connectivity index (χ2n) is 7.63. The molecule has 1 rings (SSSR count). The van der Waals surface area contributed by atoms with Crippen LogP contribution in [0.2, 0.25) is 0 Å². The number of carbonyl (C=O) groups is 2. The van der Waals surface area contributed by atoms with Crippen molar-refractivity contribution in [3.8, 4) is 0 Å². The van der Waals surface area contributed by atoms with Crippen LogP contribution in [-0.2, 0) is 19.1 Å². The number of ketones is 1. The van der Waals surface area contributed by atoms with Crippen LogP contribution in [-0.4, -0.2) is 41.8 Å². The maximum Gasteiger partial charge on any atom is 0.303 e. The van der Waals surface area contributed by atoms with Crippen LogP contribution in [0.15, 0.2) is 23.8 Å². The highest BCUT2D eigenvalue weighted by atomic mass is 16.6. The van der Waals surface area contributed by atoms with E-state index in [2.05, 4.69) is 6.92 Å². The van der Waals surface area contributed by atoms with Gasteiger partial charge in [-0.15, -0.1) is 0 Å². The fourth-order valence-corrected chi connectivity index (χ4v) is 3.44. The van der Waals surface area contributed by atoms with E-state index in [9.17, 15) is 9.59 Å². The lowest BCUT2D eigenvalue weighted by Crippen LogP contribution is -2.43. The summed E-state index contributed by atoms with van der Waals surface area (Å²) < 4.78 is 11.7. The van der Waals surface area contributed by atoms with E-state index in [-0.39, 0.29) is 30.4 Å². The molecule has 0 aromatic rings. The number of hydrogen-bond acceptors (Lipinski definition) is 5. The third-order valence-corrected chi connectivity index (χ3v) is 5.27. The Balaban J connectivity index is 2.66. The van der Waals surface area contributed by atoms with E-state index in [1.165, 1.54) is 6.92 Å². The van der Waals surface area contributed by atoms with Gasteiger partial charge in [-0.1, -0.05) is 32.1 Å². The number of Topliss-reactive ketones (excluding diaryl/α,β-unsaturated/α-hetero) is 1. The summed E-state index contributed by atoms with van der Waals surface area (Å²) in [4.78, 5) is 23.7. The van der Waals surface area contributed by atoms with Gasteiger partial charge in [0.25, 0.3) is 0 Å². The zero-order chi connectivity index (χ0) is 20.3. The Kier molecular flexibility index (Phi) is 10.6. The van der Waals surface area contributed by atoms with Gasteiger partial charge in [0.1, 0.15) is 17.5 Å². The third kappa shape index (κ3) is 8.39. The summed E-state index contributed by atoms with van der Waals surface area (Å²) in [6.07, 6.45) is 10.6. The van der Waals surface area contributed by atoms with E-state index in [4.69, 9.17) is 14.6 Å². The van der Waals surface area contributed by atoms with Crippen molar-refractivity contribution in [2.45, 2.75) is 84.3 Å². The molecule has 1 N–H and O–H groups in total. The average molecular weight is 381 g/mol. The molecular formula is C22H36O5. The molecule has 1 aliphatic heterocycles. The number of allylic oxidation sites excluding steroid dienone is 2. The average Bonchev–Trinajstić information content (AvgIpc) is 2.76. The number of aliphatic hydroxyl groups is 1. The number of rotatable bonds is 10. The van der Waals surface area contributed by atoms with Crippen LogP contribution in [0.25, 0.3) is 0 Å². The first kappa shape index (κ1) is 23.6. The van der Waals surface area contributed by atoms with Crippen molar-refractivity contribution in [1.82, 2.24) is 0 Å². The fraction of sp³-hybridized carbons (Fsp3) is 0.727. The Morgan fingerprint density at radius 1 is 1.41 bits per heavy atom. The minimum atomic E-state index is -0.582. The van der Waals surface area contributed by atoms with E-state index < -0.39 is 5.60 Å². The molecular weight excluding hydrogens is 344 g/mol. The van der Waals surface area contributed by atoms with Crippen molar-refractivity contribution < 1.29 is 24.2 Å². The summed E-state index contributed by atoms with van der Waals surface area (Å²) in [6.45, 7) is 7.85. The zero-order valence-corrected chi connectivity index (χ0v) is 17.3. The Hall–Kier alpha value is -1.46. The van der Waals surface area contributed by atoms with Gasteiger partial charge < -0.3 is 14.6 Å². The molecule has 1 fully saturated rings. The van der Waals surface area contributed by atoms with E-state index in [0.717, 1.165) is 37.7 Å². The number of ether oxygens (including phenoxy) is 2. The molecule has 5 nitrogen and oxygen atoms in total. The minimum absolute atomic E-state index is 0.0119. The van der Waals surface area contributed by atoms with Crippen LogP contribution in [0, 0.1) is 5.92 Å². The van der Waals surface area contributed by atoms with E-state index in [0.29, 0.717) is 19.4 Å². The first-order chi connectivity index (χ1) is 12.8. The van der Waals surface area contributed by atoms with Crippen molar-refractivity contribution in [2.24, 2.45) is 5.92 Å². The van der Waals surface area contributed by atoms with Crippen molar-refractivity contribution in [2.75, 3.05) is 13.2 Å². The highest BCUT2D eigenvalue weighted by Crippen LogP contribution is 2.34. The maximum absolute atomic E-state index is 12.2. The molecule has 0 amide bonds. The summed E-state index contributed by atoms with van der Waals surface area (Å²) in [5.41, 5.74) is 0.450. The maximum atomic E-state index is 12.2. The van der Waals surface area contributed by atoms with Crippen LogP contribution >= 0.6 is 0 Å². The van der Waals surface area contributed by atoms with Crippen LogP contribution < -0.4 is 0 Å². The number of carbonyl (C=O) groups excluding carboxylic acids is 2. The predicted octanol–water partition coefficient (Wildman–Crippen LogP) is 4.14. The Labute approximate surface area is 163 Å². The fourth-order valence-electron chi connectivity index (χ4n) is 3.44. The van der Waals surface area contributed by atoms with Gasteiger partial charge in [0, 0.05) is 19.3 Å². The molecule has 5 heteroatoms. The molecule has 0 radical (unpaired) electrons. The summed E-state index contributed by atoms with van der Waals surface area (Å²) in [5, 5.41) is 9.13. The van der Waals surface area contributed by atoms with E-state index in [1.54, 1.807) is 6.08 Å². The van der Waals surface area contributed by atoms with Gasteiger partial charge in [0.2, 0.25) is 0 Å². The smallest absolute Gasteiger partial charge is 0.303 e. The topological polar surface area (TPSA) is 72.8 Å². The number of aliphatic hydroxyl groups excluding tert-OH is 1. The SMILES string of the molecule is CC/C=C/CC(=O)C(C)CCC[C@]1(C)OC/C(=C/CO)CC[C@H]1OC(C)=O.